The molecule has 0 spiro atoms. The fourth-order valence-corrected chi connectivity index (χ4v) is 4.38. The minimum atomic E-state index is 0.00601. The standard InChI is InChI=1S/C19H22ClN5OS/c1-2-8-25-16(13-6-7-13)22-23-19(25)27-17-15(20)11-14(12-21-17)18(26)24-9-4-3-5-10-24/h2,11-13H,1,3-10H2. The van der Waals surface area contributed by atoms with Crippen molar-refractivity contribution in [1.29, 1.82) is 0 Å². The van der Waals surface area contributed by atoms with Crippen LogP contribution < -0.4 is 0 Å². The van der Waals surface area contributed by atoms with Crippen molar-refractivity contribution < 1.29 is 4.79 Å². The molecule has 1 aliphatic heterocycles. The van der Waals surface area contributed by atoms with Gasteiger partial charge >= 0.3 is 0 Å². The highest BCUT2D eigenvalue weighted by Crippen LogP contribution is 2.41. The van der Waals surface area contributed by atoms with E-state index in [0.717, 1.165) is 49.8 Å². The molecular formula is C19H22ClN5OS. The Labute approximate surface area is 168 Å². The van der Waals surface area contributed by atoms with Gasteiger partial charge < -0.3 is 9.47 Å². The Morgan fingerprint density at radius 1 is 1.30 bits per heavy atom. The van der Waals surface area contributed by atoms with Crippen molar-refractivity contribution >= 4 is 29.3 Å². The first-order valence-corrected chi connectivity index (χ1v) is 10.5. The minimum Gasteiger partial charge on any atom is -0.339 e. The molecule has 27 heavy (non-hydrogen) atoms. The van der Waals surface area contributed by atoms with E-state index in [2.05, 4.69) is 26.3 Å². The van der Waals surface area contributed by atoms with E-state index in [4.69, 9.17) is 11.6 Å². The normalized spacial score (nSPS) is 17.1. The topological polar surface area (TPSA) is 63.9 Å². The number of hydrogen-bond donors (Lipinski definition) is 0. The summed E-state index contributed by atoms with van der Waals surface area (Å²) in [5, 5.41) is 10.5. The van der Waals surface area contributed by atoms with Gasteiger partial charge in [-0.3, -0.25) is 4.79 Å². The van der Waals surface area contributed by atoms with E-state index >= 15 is 0 Å². The van der Waals surface area contributed by atoms with Gasteiger partial charge in [-0.15, -0.1) is 16.8 Å². The van der Waals surface area contributed by atoms with E-state index in [1.165, 1.54) is 18.2 Å². The number of pyridine rings is 1. The average Bonchev–Trinajstić information content (AvgIpc) is 3.46. The van der Waals surface area contributed by atoms with Crippen molar-refractivity contribution in [3.8, 4) is 0 Å². The molecule has 0 N–H and O–H groups in total. The van der Waals surface area contributed by atoms with Gasteiger partial charge in [0.1, 0.15) is 10.9 Å². The first-order chi connectivity index (χ1) is 13.2. The van der Waals surface area contributed by atoms with Crippen molar-refractivity contribution in [2.75, 3.05) is 13.1 Å². The number of halogens is 1. The lowest BCUT2D eigenvalue weighted by molar-refractivity contribution is 0.0724. The van der Waals surface area contributed by atoms with Gasteiger partial charge in [0.15, 0.2) is 5.16 Å². The maximum Gasteiger partial charge on any atom is 0.255 e. The van der Waals surface area contributed by atoms with Crippen molar-refractivity contribution in [2.45, 2.75) is 54.7 Å². The number of piperidine rings is 1. The molecule has 142 valence electrons. The smallest absolute Gasteiger partial charge is 0.255 e. The predicted molar refractivity (Wildman–Crippen MR) is 105 cm³/mol. The van der Waals surface area contributed by atoms with Gasteiger partial charge in [0.2, 0.25) is 0 Å². The van der Waals surface area contributed by atoms with Crippen LogP contribution in [0.3, 0.4) is 0 Å². The molecule has 2 aliphatic rings. The SMILES string of the molecule is C=CCn1c(Sc2ncc(C(=O)N3CCCCC3)cc2Cl)nnc1C1CC1. The lowest BCUT2D eigenvalue weighted by Gasteiger charge is -2.26. The Hall–Kier alpha value is -1.86. The van der Waals surface area contributed by atoms with E-state index < -0.39 is 0 Å². The third kappa shape index (κ3) is 4.04. The first-order valence-electron chi connectivity index (χ1n) is 9.34. The second-order valence-corrected chi connectivity index (χ2v) is 8.34. The molecular weight excluding hydrogens is 382 g/mol. The van der Waals surface area contributed by atoms with Gasteiger partial charge in [-0.1, -0.05) is 17.7 Å². The number of allylic oxidation sites excluding steroid dienone is 1. The van der Waals surface area contributed by atoms with Crippen molar-refractivity contribution in [2.24, 2.45) is 0 Å². The molecule has 0 aromatic carbocycles. The van der Waals surface area contributed by atoms with Crippen molar-refractivity contribution in [3.63, 3.8) is 0 Å². The molecule has 0 bridgehead atoms. The zero-order chi connectivity index (χ0) is 18.8. The summed E-state index contributed by atoms with van der Waals surface area (Å²) >= 11 is 7.82. The molecule has 6 nitrogen and oxygen atoms in total. The van der Waals surface area contributed by atoms with Crippen LogP contribution in [0.25, 0.3) is 0 Å². The first kappa shape index (κ1) is 18.5. The maximum absolute atomic E-state index is 12.6. The fraction of sp³-hybridized carbons (Fsp3) is 0.474. The maximum atomic E-state index is 12.6. The number of rotatable bonds is 6. The number of aromatic nitrogens is 4. The molecule has 3 heterocycles. The highest BCUT2D eigenvalue weighted by Gasteiger charge is 2.30. The van der Waals surface area contributed by atoms with Crippen LogP contribution in [0.15, 0.2) is 35.1 Å². The van der Waals surface area contributed by atoms with Gasteiger partial charge in [-0.25, -0.2) is 4.98 Å². The summed E-state index contributed by atoms with van der Waals surface area (Å²) in [6, 6.07) is 1.71. The molecule has 1 saturated heterocycles. The van der Waals surface area contributed by atoms with Gasteiger partial charge in [0.05, 0.1) is 10.6 Å². The van der Waals surface area contributed by atoms with Crippen LogP contribution in [0.1, 0.15) is 54.2 Å². The van der Waals surface area contributed by atoms with Crippen LogP contribution in [-0.4, -0.2) is 43.6 Å². The largest absolute Gasteiger partial charge is 0.339 e. The third-order valence-corrected chi connectivity index (χ3v) is 6.29. The predicted octanol–water partition coefficient (Wildman–Crippen LogP) is 4.17. The number of likely N-dealkylation sites (tertiary alicyclic amines) is 1. The molecule has 1 aliphatic carbocycles. The van der Waals surface area contributed by atoms with Gasteiger partial charge in [0.25, 0.3) is 5.91 Å². The number of amides is 1. The molecule has 4 rings (SSSR count). The molecule has 1 amide bonds. The minimum absolute atomic E-state index is 0.00601. The molecule has 0 radical (unpaired) electrons. The molecule has 2 aromatic rings. The molecule has 0 unspecified atom stereocenters. The molecule has 2 aromatic heterocycles. The Morgan fingerprint density at radius 2 is 2.07 bits per heavy atom. The number of carbonyl (C=O) groups is 1. The van der Waals surface area contributed by atoms with Crippen LogP contribution in [0.2, 0.25) is 5.02 Å². The summed E-state index contributed by atoms with van der Waals surface area (Å²) in [6.45, 7) is 6.10. The molecule has 2 fully saturated rings. The second-order valence-electron chi connectivity index (χ2n) is 6.98. The van der Waals surface area contributed by atoms with Crippen LogP contribution in [0.5, 0.6) is 0 Å². The Kier molecular flexibility index (Phi) is 5.50. The Balaban J connectivity index is 1.53. The highest BCUT2D eigenvalue weighted by molar-refractivity contribution is 7.99. The van der Waals surface area contributed by atoms with Crippen LogP contribution in [0, 0.1) is 0 Å². The monoisotopic (exact) mass is 403 g/mol. The Morgan fingerprint density at radius 3 is 2.74 bits per heavy atom. The summed E-state index contributed by atoms with van der Waals surface area (Å²) in [4.78, 5) is 18.9. The molecule has 8 heteroatoms. The van der Waals surface area contributed by atoms with Gasteiger partial charge in [0, 0.05) is 31.7 Å². The average molecular weight is 404 g/mol. The van der Waals surface area contributed by atoms with Crippen molar-refractivity contribution in [3.05, 3.63) is 41.3 Å². The van der Waals surface area contributed by atoms with E-state index in [1.807, 2.05) is 11.0 Å². The zero-order valence-electron chi connectivity index (χ0n) is 15.1. The van der Waals surface area contributed by atoms with E-state index in [1.54, 1.807) is 12.3 Å². The quantitative estimate of drug-likeness (QED) is 0.677. The van der Waals surface area contributed by atoms with Crippen LogP contribution in [-0.2, 0) is 6.54 Å². The van der Waals surface area contributed by atoms with E-state index in [0.29, 0.717) is 28.1 Å². The molecule has 0 atom stereocenters. The van der Waals surface area contributed by atoms with Crippen LogP contribution in [0.4, 0.5) is 0 Å². The van der Waals surface area contributed by atoms with Gasteiger partial charge in [-0.2, -0.15) is 0 Å². The van der Waals surface area contributed by atoms with Crippen molar-refractivity contribution in [1.82, 2.24) is 24.6 Å². The highest BCUT2D eigenvalue weighted by atomic mass is 35.5. The lowest BCUT2D eigenvalue weighted by Crippen LogP contribution is -2.35. The summed E-state index contributed by atoms with van der Waals surface area (Å²) in [7, 11) is 0. The summed E-state index contributed by atoms with van der Waals surface area (Å²) < 4.78 is 2.07. The van der Waals surface area contributed by atoms with Crippen LogP contribution >= 0.6 is 23.4 Å². The lowest BCUT2D eigenvalue weighted by atomic mass is 10.1. The van der Waals surface area contributed by atoms with E-state index in [-0.39, 0.29) is 5.91 Å². The van der Waals surface area contributed by atoms with Gasteiger partial charge in [-0.05, 0) is 49.9 Å². The fourth-order valence-electron chi connectivity index (χ4n) is 3.30. The van der Waals surface area contributed by atoms with E-state index in [9.17, 15) is 4.79 Å². The Bertz CT molecular complexity index is 858. The zero-order valence-corrected chi connectivity index (χ0v) is 16.7. The second kappa shape index (κ2) is 8.02. The number of carbonyl (C=O) groups excluding carboxylic acids is 1. The molecule has 1 saturated carbocycles. The summed E-state index contributed by atoms with van der Waals surface area (Å²) in [6.07, 6.45) is 9.08. The number of nitrogens with zero attached hydrogens (tertiary/aromatic N) is 5. The third-order valence-electron chi connectivity index (χ3n) is 4.89. The summed E-state index contributed by atoms with van der Waals surface area (Å²) in [5.41, 5.74) is 0.539. The summed E-state index contributed by atoms with van der Waals surface area (Å²) in [5.74, 6) is 1.51. The number of hydrogen-bond acceptors (Lipinski definition) is 5.